The summed E-state index contributed by atoms with van der Waals surface area (Å²) in [5.41, 5.74) is 1.79. The van der Waals surface area contributed by atoms with Gasteiger partial charge in [-0.15, -0.1) is 0 Å². The van der Waals surface area contributed by atoms with Crippen molar-refractivity contribution in [3.63, 3.8) is 0 Å². The van der Waals surface area contributed by atoms with Crippen LogP contribution in [-0.2, 0) is 16.1 Å². The first kappa shape index (κ1) is 19.1. The zero-order valence-corrected chi connectivity index (χ0v) is 15.5. The first-order valence-electron chi connectivity index (χ1n) is 8.53. The minimum absolute atomic E-state index is 0.159. The average molecular weight is 381 g/mol. The van der Waals surface area contributed by atoms with Gasteiger partial charge in [0.25, 0.3) is 11.5 Å². The summed E-state index contributed by atoms with van der Waals surface area (Å²) in [5, 5.41) is 2.48. The van der Waals surface area contributed by atoms with Crippen molar-refractivity contribution < 1.29 is 19.1 Å². The van der Waals surface area contributed by atoms with Gasteiger partial charge >= 0.3 is 5.97 Å². The smallest absolute Gasteiger partial charge is 0.325 e. The number of amides is 1. The van der Waals surface area contributed by atoms with Gasteiger partial charge in [0.1, 0.15) is 24.5 Å². The molecule has 2 aromatic heterocycles. The van der Waals surface area contributed by atoms with E-state index < -0.39 is 11.9 Å². The quantitative estimate of drug-likeness (QED) is 0.650. The summed E-state index contributed by atoms with van der Waals surface area (Å²) in [6.45, 7) is 1.38. The van der Waals surface area contributed by atoms with Crippen molar-refractivity contribution in [2.45, 2.75) is 13.5 Å². The van der Waals surface area contributed by atoms with E-state index in [1.54, 1.807) is 36.5 Å². The molecule has 1 amide bonds. The molecule has 2 heterocycles. The number of aromatic nitrogens is 2. The van der Waals surface area contributed by atoms with Gasteiger partial charge in [-0.1, -0.05) is 12.1 Å². The summed E-state index contributed by atoms with van der Waals surface area (Å²) in [6.07, 6.45) is 1.63. The van der Waals surface area contributed by atoms with E-state index in [9.17, 15) is 14.4 Å². The van der Waals surface area contributed by atoms with Gasteiger partial charge in [-0.3, -0.25) is 18.8 Å². The summed E-state index contributed by atoms with van der Waals surface area (Å²) in [5.74, 6) is -0.518. The molecule has 0 aliphatic heterocycles. The van der Waals surface area contributed by atoms with Crippen LogP contribution in [-0.4, -0.2) is 34.9 Å². The van der Waals surface area contributed by atoms with Crippen LogP contribution in [0.2, 0.25) is 0 Å². The van der Waals surface area contributed by atoms with E-state index in [1.165, 1.54) is 17.6 Å². The van der Waals surface area contributed by atoms with Crippen LogP contribution in [0.15, 0.2) is 53.5 Å². The van der Waals surface area contributed by atoms with Gasteiger partial charge in [0.2, 0.25) is 0 Å². The fourth-order valence-corrected chi connectivity index (χ4v) is 2.61. The summed E-state index contributed by atoms with van der Waals surface area (Å²) < 4.78 is 11.6. The second kappa shape index (κ2) is 8.34. The molecule has 8 heteroatoms. The lowest BCUT2D eigenvalue weighted by Gasteiger charge is -2.08. The molecule has 144 valence electrons. The SMILES string of the molecule is COc1cccc(C(=O)NCC(=O)OCc2cc(=O)n3cccc(C)c3n2)c1. The number of hydrogen-bond acceptors (Lipinski definition) is 6. The van der Waals surface area contributed by atoms with Gasteiger partial charge in [-0.05, 0) is 36.8 Å². The summed E-state index contributed by atoms with van der Waals surface area (Å²) in [4.78, 5) is 40.5. The average Bonchev–Trinajstić information content (AvgIpc) is 2.71. The van der Waals surface area contributed by atoms with E-state index in [0.29, 0.717) is 22.7 Å². The van der Waals surface area contributed by atoms with E-state index in [2.05, 4.69) is 10.3 Å². The Morgan fingerprint density at radius 3 is 2.79 bits per heavy atom. The number of aryl methyl sites for hydroxylation is 1. The topological polar surface area (TPSA) is 99.0 Å². The minimum Gasteiger partial charge on any atom is -0.497 e. The molecule has 1 aromatic carbocycles. The molecule has 0 spiro atoms. The second-order valence-corrected chi connectivity index (χ2v) is 6.05. The van der Waals surface area contributed by atoms with Crippen LogP contribution in [0.3, 0.4) is 0 Å². The van der Waals surface area contributed by atoms with Crippen LogP contribution in [0.4, 0.5) is 0 Å². The molecule has 0 radical (unpaired) electrons. The number of benzene rings is 1. The Kier molecular flexibility index (Phi) is 5.69. The molecule has 0 aliphatic carbocycles. The fourth-order valence-electron chi connectivity index (χ4n) is 2.61. The lowest BCUT2D eigenvalue weighted by Crippen LogP contribution is -2.30. The summed E-state index contributed by atoms with van der Waals surface area (Å²) in [7, 11) is 1.50. The Bertz CT molecular complexity index is 1090. The normalized spacial score (nSPS) is 10.5. The number of carbonyl (C=O) groups is 2. The van der Waals surface area contributed by atoms with Crippen LogP contribution < -0.4 is 15.6 Å². The Balaban J connectivity index is 1.58. The predicted octanol–water partition coefficient (Wildman–Crippen LogP) is 1.48. The maximum absolute atomic E-state index is 12.1. The Morgan fingerprint density at radius 1 is 1.18 bits per heavy atom. The Morgan fingerprint density at radius 2 is 2.00 bits per heavy atom. The Hall–Kier alpha value is -3.68. The van der Waals surface area contributed by atoms with Crippen molar-refractivity contribution in [1.82, 2.24) is 14.7 Å². The number of pyridine rings is 1. The monoisotopic (exact) mass is 381 g/mol. The van der Waals surface area contributed by atoms with Gasteiger partial charge in [0, 0.05) is 17.8 Å². The van der Waals surface area contributed by atoms with Gasteiger partial charge in [0.15, 0.2) is 0 Å². The number of hydrogen-bond donors (Lipinski definition) is 1. The highest BCUT2D eigenvalue weighted by atomic mass is 16.5. The first-order valence-corrected chi connectivity index (χ1v) is 8.53. The van der Waals surface area contributed by atoms with Crippen molar-refractivity contribution in [3.8, 4) is 5.75 Å². The van der Waals surface area contributed by atoms with Crippen LogP contribution >= 0.6 is 0 Å². The standard InChI is InChI=1S/C20H19N3O5/c1-13-5-4-8-23-17(24)10-15(22-19(13)23)12-28-18(25)11-21-20(26)14-6-3-7-16(9-14)27-2/h3-10H,11-12H2,1-2H3,(H,21,26). The van der Waals surface area contributed by atoms with E-state index in [0.717, 1.165) is 5.56 Å². The number of rotatable bonds is 6. The lowest BCUT2D eigenvalue weighted by atomic mass is 10.2. The maximum atomic E-state index is 12.1. The molecule has 3 aromatic rings. The summed E-state index contributed by atoms with van der Waals surface area (Å²) >= 11 is 0. The zero-order valence-electron chi connectivity index (χ0n) is 15.5. The molecule has 0 atom stereocenters. The first-order chi connectivity index (χ1) is 13.5. The van der Waals surface area contributed by atoms with Crippen molar-refractivity contribution in [2.75, 3.05) is 13.7 Å². The van der Waals surface area contributed by atoms with E-state index in [4.69, 9.17) is 9.47 Å². The third kappa shape index (κ3) is 4.35. The fraction of sp³-hybridized carbons (Fsp3) is 0.200. The van der Waals surface area contributed by atoms with Crippen LogP contribution in [0.5, 0.6) is 5.75 Å². The molecule has 1 N–H and O–H groups in total. The number of fused-ring (bicyclic) bond motifs is 1. The lowest BCUT2D eigenvalue weighted by molar-refractivity contribution is -0.143. The highest BCUT2D eigenvalue weighted by molar-refractivity contribution is 5.96. The number of nitrogens with zero attached hydrogens (tertiary/aromatic N) is 2. The maximum Gasteiger partial charge on any atom is 0.325 e. The van der Waals surface area contributed by atoms with Crippen molar-refractivity contribution in [2.24, 2.45) is 0 Å². The van der Waals surface area contributed by atoms with Crippen LogP contribution in [0.25, 0.3) is 5.65 Å². The van der Waals surface area contributed by atoms with Gasteiger partial charge in [-0.25, -0.2) is 4.98 Å². The van der Waals surface area contributed by atoms with Crippen LogP contribution in [0.1, 0.15) is 21.6 Å². The molecule has 0 saturated heterocycles. The third-order valence-corrected chi connectivity index (χ3v) is 4.05. The number of esters is 1. The van der Waals surface area contributed by atoms with E-state index in [1.807, 2.05) is 13.0 Å². The largest absolute Gasteiger partial charge is 0.497 e. The molecular formula is C20H19N3O5. The highest BCUT2D eigenvalue weighted by Gasteiger charge is 2.11. The zero-order chi connectivity index (χ0) is 20.1. The molecule has 0 saturated carbocycles. The van der Waals surface area contributed by atoms with Gasteiger partial charge in [-0.2, -0.15) is 0 Å². The van der Waals surface area contributed by atoms with Crippen LogP contribution in [0, 0.1) is 6.92 Å². The van der Waals surface area contributed by atoms with Gasteiger partial charge < -0.3 is 14.8 Å². The van der Waals surface area contributed by atoms with E-state index >= 15 is 0 Å². The van der Waals surface area contributed by atoms with Crippen molar-refractivity contribution in [3.05, 3.63) is 75.8 Å². The number of carbonyl (C=O) groups excluding carboxylic acids is 2. The second-order valence-electron chi connectivity index (χ2n) is 6.05. The molecule has 0 unspecified atom stereocenters. The third-order valence-electron chi connectivity index (χ3n) is 4.05. The molecule has 3 rings (SSSR count). The Labute approximate surface area is 160 Å². The number of ether oxygens (including phenoxy) is 2. The molecular weight excluding hydrogens is 362 g/mol. The van der Waals surface area contributed by atoms with E-state index in [-0.39, 0.29) is 18.7 Å². The van der Waals surface area contributed by atoms with Gasteiger partial charge in [0.05, 0.1) is 12.8 Å². The molecule has 0 fully saturated rings. The highest BCUT2D eigenvalue weighted by Crippen LogP contribution is 2.12. The number of nitrogens with one attached hydrogen (secondary N) is 1. The van der Waals surface area contributed by atoms with Crippen molar-refractivity contribution >= 4 is 17.5 Å². The summed E-state index contributed by atoms with van der Waals surface area (Å²) in [6, 6.07) is 11.5. The molecule has 8 nitrogen and oxygen atoms in total. The number of methoxy groups -OCH3 is 1. The molecule has 28 heavy (non-hydrogen) atoms. The molecule has 0 aliphatic rings. The predicted molar refractivity (Wildman–Crippen MR) is 101 cm³/mol. The molecule has 0 bridgehead atoms. The minimum atomic E-state index is -0.636. The van der Waals surface area contributed by atoms with Crippen molar-refractivity contribution in [1.29, 1.82) is 0 Å².